The van der Waals surface area contributed by atoms with Gasteiger partial charge in [0.2, 0.25) is 0 Å². The molecule has 3 heteroatoms. The highest BCUT2D eigenvalue weighted by atomic mass is 16.5. The van der Waals surface area contributed by atoms with Crippen LogP contribution in [0.2, 0.25) is 0 Å². The molecule has 1 radical (unpaired) electrons. The molecule has 13 heavy (non-hydrogen) atoms. The van der Waals surface area contributed by atoms with Gasteiger partial charge in [-0.1, -0.05) is 0 Å². The third-order valence-electron chi connectivity index (χ3n) is 2.20. The molecule has 0 unspecified atom stereocenters. The van der Waals surface area contributed by atoms with Crippen molar-refractivity contribution in [1.29, 1.82) is 0 Å². The van der Waals surface area contributed by atoms with Crippen LogP contribution in [0.25, 0.3) is 0 Å². The van der Waals surface area contributed by atoms with Crippen molar-refractivity contribution in [2.24, 2.45) is 0 Å². The van der Waals surface area contributed by atoms with E-state index in [2.05, 4.69) is 16.4 Å². The van der Waals surface area contributed by atoms with Gasteiger partial charge in [-0.3, -0.25) is 0 Å². The van der Waals surface area contributed by atoms with Crippen LogP contribution in [0.5, 0.6) is 6.01 Å². The van der Waals surface area contributed by atoms with Gasteiger partial charge in [0.1, 0.15) is 6.10 Å². The number of ether oxygens (including phenoxy) is 1. The molecule has 3 nitrogen and oxygen atoms in total. The van der Waals surface area contributed by atoms with Crippen molar-refractivity contribution < 1.29 is 4.74 Å². The van der Waals surface area contributed by atoms with E-state index in [0.717, 1.165) is 25.7 Å². The Hall–Kier alpha value is -1.12. The van der Waals surface area contributed by atoms with Crippen LogP contribution in [0.4, 0.5) is 0 Å². The largest absolute Gasteiger partial charge is 0.460 e. The van der Waals surface area contributed by atoms with Gasteiger partial charge in [0.05, 0.1) is 0 Å². The third-order valence-corrected chi connectivity index (χ3v) is 2.20. The predicted octanol–water partition coefficient (Wildman–Crippen LogP) is 2.00. The fourth-order valence-corrected chi connectivity index (χ4v) is 1.51. The van der Waals surface area contributed by atoms with Crippen LogP contribution < -0.4 is 4.74 Å². The van der Waals surface area contributed by atoms with Gasteiger partial charge in [-0.25, -0.2) is 9.97 Å². The lowest BCUT2D eigenvalue weighted by Gasteiger charge is -2.21. The lowest BCUT2D eigenvalue weighted by molar-refractivity contribution is 0.153. The second kappa shape index (κ2) is 4.21. The Morgan fingerprint density at radius 3 is 2.54 bits per heavy atom. The number of rotatable bonds is 2. The Morgan fingerprint density at radius 2 is 1.85 bits per heavy atom. The summed E-state index contributed by atoms with van der Waals surface area (Å²) in [6, 6.07) is 2.30. The molecule has 1 aliphatic rings. The van der Waals surface area contributed by atoms with Crippen LogP contribution in [-0.4, -0.2) is 16.1 Å². The zero-order valence-electron chi connectivity index (χ0n) is 7.52. The number of hydrogen-bond donors (Lipinski definition) is 0. The summed E-state index contributed by atoms with van der Waals surface area (Å²) in [5.74, 6) is 0. The van der Waals surface area contributed by atoms with Gasteiger partial charge < -0.3 is 4.74 Å². The summed E-state index contributed by atoms with van der Waals surface area (Å²) >= 11 is 0. The number of hydrogen-bond acceptors (Lipinski definition) is 3. The van der Waals surface area contributed by atoms with E-state index in [4.69, 9.17) is 4.74 Å². The fourth-order valence-electron chi connectivity index (χ4n) is 1.51. The van der Waals surface area contributed by atoms with E-state index in [1.165, 1.54) is 0 Å². The molecule has 1 heterocycles. The first-order chi connectivity index (χ1) is 6.45. The smallest absolute Gasteiger partial charge is 0.316 e. The van der Waals surface area contributed by atoms with Crippen molar-refractivity contribution in [3.63, 3.8) is 0 Å². The Bertz CT molecular complexity index is 244. The lowest BCUT2D eigenvalue weighted by Crippen LogP contribution is -2.20. The summed E-state index contributed by atoms with van der Waals surface area (Å²) in [5.41, 5.74) is 0. The van der Waals surface area contributed by atoms with E-state index in [1.807, 2.05) is 0 Å². The Kier molecular flexibility index (Phi) is 2.75. The maximum atomic E-state index is 5.61. The normalized spacial score (nSPS) is 18.5. The van der Waals surface area contributed by atoms with Gasteiger partial charge in [-0.05, 0) is 38.2 Å². The summed E-state index contributed by atoms with van der Waals surface area (Å²) in [6.07, 6.45) is 10.5. The summed E-state index contributed by atoms with van der Waals surface area (Å²) in [6.45, 7) is 0. The second-order valence-electron chi connectivity index (χ2n) is 3.21. The van der Waals surface area contributed by atoms with E-state index < -0.39 is 0 Å². The number of aromatic nitrogens is 2. The first-order valence-corrected chi connectivity index (χ1v) is 4.70. The van der Waals surface area contributed by atoms with Crippen molar-refractivity contribution in [2.45, 2.75) is 31.8 Å². The molecule has 1 saturated carbocycles. The average Bonchev–Trinajstić information content (AvgIpc) is 2.21. The minimum Gasteiger partial charge on any atom is -0.460 e. The Morgan fingerprint density at radius 1 is 1.15 bits per heavy atom. The van der Waals surface area contributed by atoms with Gasteiger partial charge in [-0.15, -0.1) is 0 Å². The minimum atomic E-state index is 0.312. The number of nitrogens with zero attached hydrogens (tertiary/aromatic N) is 2. The van der Waals surface area contributed by atoms with E-state index in [1.54, 1.807) is 18.5 Å². The van der Waals surface area contributed by atoms with Crippen LogP contribution >= 0.6 is 0 Å². The standard InChI is InChI=1S/C10H13N2O/c1-2-5-9(6-3-1)13-10-11-7-4-8-12-10/h1,4,7-9H,2-3,5-6H2. The molecule has 2 rings (SSSR count). The highest BCUT2D eigenvalue weighted by Gasteiger charge is 2.15. The summed E-state index contributed by atoms with van der Waals surface area (Å²) in [7, 11) is 0. The summed E-state index contributed by atoms with van der Waals surface area (Å²) in [5, 5.41) is 0. The quantitative estimate of drug-likeness (QED) is 0.693. The van der Waals surface area contributed by atoms with Gasteiger partial charge in [-0.2, -0.15) is 0 Å². The molecule has 0 aliphatic heterocycles. The molecule has 1 aliphatic carbocycles. The molecular formula is C10H13N2O. The second-order valence-corrected chi connectivity index (χ2v) is 3.21. The molecule has 0 saturated heterocycles. The third kappa shape index (κ3) is 2.41. The predicted molar refractivity (Wildman–Crippen MR) is 49.2 cm³/mol. The van der Waals surface area contributed by atoms with Crippen molar-refractivity contribution in [2.75, 3.05) is 0 Å². The SMILES string of the molecule is [CH]1CCC(Oc2ncccn2)CC1. The van der Waals surface area contributed by atoms with E-state index in [-0.39, 0.29) is 0 Å². The molecule has 1 aromatic rings. The Labute approximate surface area is 78.2 Å². The van der Waals surface area contributed by atoms with Gasteiger partial charge in [0.25, 0.3) is 0 Å². The zero-order valence-corrected chi connectivity index (χ0v) is 7.52. The topological polar surface area (TPSA) is 35.0 Å². The molecule has 0 bridgehead atoms. The highest BCUT2D eigenvalue weighted by Crippen LogP contribution is 2.20. The van der Waals surface area contributed by atoms with E-state index in [9.17, 15) is 0 Å². The van der Waals surface area contributed by atoms with Gasteiger partial charge in [0, 0.05) is 12.4 Å². The molecule has 1 fully saturated rings. The van der Waals surface area contributed by atoms with Gasteiger partial charge in [0.15, 0.2) is 0 Å². The van der Waals surface area contributed by atoms with Crippen LogP contribution in [0, 0.1) is 6.42 Å². The first kappa shape index (κ1) is 8.48. The van der Waals surface area contributed by atoms with Crippen LogP contribution in [0.3, 0.4) is 0 Å². The molecule has 0 amide bonds. The highest BCUT2D eigenvalue weighted by molar-refractivity contribution is 4.95. The van der Waals surface area contributed by atoms with Crippen molar-refractivity contribution in [1.82, 2.24) is 9.97 Å². The molecule has 0 spiro atoms. The van der Waals surface area contributed by atoms with Crippen LogP contribution in [0.1, 0.15) is 25.7 Å². The minimum absolute atomic E-state index is 0.312. The van der Waals surface area contributed by atoms with Crippen molar-refractivity contribution in [3.05, 3.63) is 24.9 Å². The van der Waals surface area contributed by atoms with E-state index >= 15 is 0 Å². The first-order valence-electron chi connectivity index (χ1n) is 4.70. The summed E-state index contributed by atoms with van der Waals surface area (Å²) < 4.78 is 5.61. The van der Waals surface area contributed by atoms with E-state index in [0.29, 0.717) is 12.1 Å². The van der Waals surface area contributed by atoms with Gasteiger partial charge >= 0.3 is 6.01 Å². The van der Waals surface area contributed by atoms with Crippen LogP contribution in [0.15, 0.2) is 18.5 Å². The molecule has 1 aromatic heterocycles. The Balaban J connectivity index is 1.90. The lowest BCUT2D eigenvalue weighted by atomic mass is 9.98. The van der Waals surface area contributed by atoms with Crippen molar-refractivity contribution >= 4 is 0 Å². The monoisotopic (exact) mass is 177 g/mol. The zero-order chi connectivity index (χ0) is 8.93. The average molecular weight is 177 g/mol. The molecular weight excluding hydrogens is 164 g/mol. The van der Waals surface area contributed by atoms with Crippen molar-refractivity contribution in [3.8, 4) is 6.01 Å². The maximum absolute atomic E-state index is 5.61. The fraction of sp³-hybridized carbons (Fsp3) is 0.500. The molecule has 0 aromatic carbocycles. The maximum Gasteiger partial charge on any atom is 0.316 e. The molecule has 0 atom stereocenters. The molecule has 0 N–H and O–H groups in total. The van der Waals surface area contributed by atoms with Crippen LogP contribution in [-0.2, 0) is 0 Å². The summed E-state index contributed by atoms with van der Waals surface area (Å²) in [4.78, 5) is 8.06. The molecule has 69 valence electrons.